The summed E-state index contributed by atoms with van der Waals surface area (Å²) in [5.41, 5.74) is 2.84. The number of unbranched alkanes of at least 4 members (excludes halogenated alkanes) is 2. The molecule has 2 aromatic carbocycles. The van der Waals surface area contributed by atoms with Crippen molar-refractivity contribution < 1.29 is 9.59 Å². The first-order chi connectivity index (χ1) is 26.4. The number of carbonyl (C=O) groups excluding carboxylic acids is 2. The molecule has 6 heterocycles. The Morgan fingerprint density at radius 3 is 1.30 bits per heavy atom. The summed E-state index contributed by atoms with van der Waals surface area (Å²) >= 11 is 7.01. The summed E-state index contributed by atoms with van der Waals surface area (Å²) in [4.78, 5) is 41.1. The fourth-order valence-electron chi connectivity index (χ4n) is 8.01. The van der Waals surface area contributed by atoms with Gasteiger partial charge in [-0.05, 0) is 84.0 Å². The Kier molecular flexibility index (Phi) is 11.1. The van der Waals surface area contributed by atoms with Gasteiger partial charge in [0, 0.05) is 42.0 Å². The first-order valence-electron chi connectivity index (χ1n) is 19.7. The van der Waals surface area contributed by atoms with E-state index in [1.54, 1.807) is 45.3 Å². The van der Waals surface area contributed by atoms with Crippen LogP contribution in [0, 0.1) is 11.8 Å². The molecular weight excluding hydrogens is 741 g/mol. The Labute approximate surface area is 335 Å². The van der Waals surface area contributed by atoms with Crippen molar-refractivity contribution in [1.29, 1.82) is 0 Å². The molecule has 4 aromatic heterocycles. The molecule has 0 aliphatic carbocycles. The number of nitrogens with zero attached hydrogens (tertiary/aromatic N) is 2. The molecule has 0 bridgehead atoms. The minimum absolute atomic E-state index is 0.0176. The van der Waals surface area contributed by atoms with Gasteiger partial charge in [-0.25, -0.2) is 0 Å². The van der Waals surface area contributed by atoms with E-state index < -0.39 is 0 Å². The molecule has 8 heteroatoms. The van der Waals surface area contributed by atoms with E-state index in [1.165, 1.54) is 39.7 Å². The minimum atomic E-state index is -0.0176. The Morgan fingerprint density at radius 2 is 0.907 bits per heavy atom. The number of hydrogen-bond donors (Lipinski definition) is 0. The Bertz CT molecular complexity index is 2150. The van der Waals surface area contributed by atoms with E-state index in [-0.39, 0.29) is 11.8 Å². The predicted octanol–water partition coefficient (Wildman–Crippen LogP) is 13.8. The molecule has 2 unspecified atom stereocenters. The van der Waals surface area contributed by atoms with E-state index in [0.29, 0.717) is 36.1 Å². The Balaban J connectivity index is 1.27. The van der Waals surface area contributed by atoms with Crippen LogP contribution in [0.5, 0.6) is 0 Å². The molecule has 4 nitrogen and oxygen atoms in total. The van der Waals surface area contributed by atoms with E-state index >= 15 is 9.59 Å². The molecule has 278 valence electrons. The first kappa shape index (κ1) is 37.1. The third-order valence-corrected chi connectivity index (χ3v) is 16.0. The van der Waals surface area contributed by atoms with E-state index in [0.717, 1.165) is 72.5 Å². The summed E-state index contributed by atoms with van der Waals surface area (Å²) in [6.07, 6.45) is 8.65. The summed E-state index contributed by atoms with van der Waals surface area (Å²) in [6, 6.07) is 30.2. The third-order valence-electron chi connectivity index (χ3n) is 11.2. The van der Waals surface area contributed by atoms with Gasteiger partial charge < -0.3 is 9.80 Å². The van der Waals surface area contributed by atoms with Crippen molar-refractivity contribution in [1.82, 2.24) is 9.80 Å². The molecular formula is C46H48N2O2S4. The lowest BCUT2D eigenvalue weighted by atomic mass is 9.98. The highest BCUT2D eigenvalue weighted by Gasteiger charge is 2.50. The summed E-state index contributed by atoms with van der Waals surface area (Å²) in [5, 5.41) is 2.48. The van der Waals surface area contributed by atoms with Gasteiger partial charge in [0.2, 0.25) is 0 Å². The molecule has 2 amide bonds. The van der Waals surface area contributed by atoms with Crippen LogP contribution in [0.1, 0.15) is 88.8 Å². The van der Waals surface area contributed by atoms with E-state index in [4.69, 9.17) is 0 Å². The maximum atomic E-state index is 15.1. The zero-order valence-electron chi connectivity index (χ0n) is 31.7. The van der Waals surface area contributed by atoms with Gasteiger partial charge >= 0.3 is 0 Å². The fraction of sp³-hybridized carbons (Fsp3) is 0.348. The monoisotopic (exact) mass is 788 g/mol. The summed E-state index contributed by atoms with van der Waals surface area (Å²) in [6.45, 7) is 10.2. The smallest absolute Gasteiger partial charge is 0.261 e. The second-order valence-corrected chi connectivity index (χ2v) is 19.1. The number of rotatable bonds is 16. The van der Waals surface area contributed by atoms with Crippen molar-refractivity contribution in [2.75, 3.05) is 13.1 Å². The second kappa shape index (κ2) is 16.1. The number of benzene rings is 2. The number of carbonyl (C=O) groups is 2. The largest absolute Gasteiger partial charge is 0.306 e. The summed E-state index contributed by atoms with van der Waals surface area (Å²) < 4.78 is 2.53. The molecule has 0 fully saturated rings. The predicted molar refractivity (Wildman–Crippen MR) is 234 cm³/mol. The molecule has 6 aromatic rings. The van der Waals surface area contributed by atoms with Gasteiger partial charge in [0.25, 0.3) is 11.8 Å². The van der Waals surface area contributed by atoms with E-state index in [2.05, 4.69) is 113 Å². The number of fused-ring (bicyclic) bond motifs is 3. The number of hydrogen-bond acceptors (Lipinski definition) is 6. The van der Waals surface area contributed by atoms with Crippen LogP contribution in [0.3, 0.4) is 0 Å². The van der Waals surface area contributed by atoms with Gasteiger partial charge in [-0.15, -0.1) is 45.3 Å². The van der Waals surface area contributed by atoms with Crippen LogP contribution >= 0.6 is 45.3 Å². The standard InChI is InChI=1S/C46H48N2O2S4/c1-5-9-15-29(7-3)27-47-43(37-23-21-35(53-37)39-25-31-17-11-13-19-33(31)51-39)41-42(45(47)49)44(48(46(41)50)28-30(8-4)16-10-6-2)38-24-22-36(54-38)40-26-32-18-12-14-20-34(32)52-40/h11-14,17-26,29-30H,5-10,15-16,27-28H2,1-4H3. The zero-order chi connectivity index (χ0) is 37.3. The quantitative estimate of drug-likeness (QED) is 0.0980. The highest BCUT2D eigenvalue weighted by atomic mass is 32.1. The lowest BCUT2D eigenvalue weighted by Crippen LogP contribution is -2.34. The van der Waals surface area contributed by atoms with Crippen LogP contribution in [0.25, 0.3) is 51.1 Å². The zero-order valence-corrected chi connectivity index (χ0v) is 34.9. The van der Waals surface area contributed by atoms with Crippen molar-refractivity contribution in [3.8, 4) is 19.5 Å². The Hall–Kier alpha value is -3.82. The van der Waals surface area contributed by atoms with Gasteiger partial charge in [0.15, 0.2) is 0 Å². The van der Waals surface area contributed by atoms with Gasteiger partial charge in [0.1, 0.15) is 0 Å². The van der Waals surface area contributed by atoms with Gasteiger partial charge in [0.05, 0.1) is 32.3 Å². The maximum absolute atomic E-state index is 15.1. The second-order valence-electron chi connectivity index (χ2n) is 14.7. The normalized spacial score (nSPS) is 15.9. The molecule has 0 saturated heterocycles. The maximum Gasteiger partial charge on any atom is 0.261 e. The van der Waals surface area contributed by atoms with Gasteiger partial charge in [-0.2, -0.15) is 0 Å². The van der Waals surface area contributed by atoms with Gasteiger partial charge in [-0.1, -0.05) is 103 Å². The van der Waals surface area contributed by atoms with Crippen molar-refractivity contribution >= 4 is 88.7 Å². The minimum Gasteiger partial charge on any atom is -0.306 e. The first-order valence-corrected chi connectivity index (χ1v) is 23.0. The Morgan fingerprint density at radius 1 is 0.500 bits per heavy atom. The van der Waals surface area contributed by atoms with E-state index in [9.17, 15) is 0 Å². The molecule has 0 N–H and O–H groups in total. The van der Waals surface area contributed by atoms with Crippen LogP contribution in [-0.2, 0) is 9.59 Å². The summed E-state index contributed by atoms with van der Waals surface area (Å²) in [7, 11) is 0. The molecule has 2 aliphatic heterocycles. The lowest BCUT2D eigenvalue weighted by molar-refractivity contribution is -0.124. The fourth-order valence-corrected chi connectivity index (χ4v) is 12.4. The van der Waals surface area contributed by atoms with Crippen molar-refractivity contribution in [2.45, 2.75) is 79.1 Å². The molecule has 2 atom stereocenters. The van der Waals surface area contributed by atoms with Crippen LogP contribution in [0.4, 0.5) is 0 Å². The van der Waals surface area contributed by atoms with Crippen LogP contribution in [0.15, 0.2) is 96.1 Å². The average molecular weight is 789 g/mol. The molecule has 0 spiro atoms. The van der Waals surface area contributed by atoms with Gasteiger partial charge in [-0.3, -0.25) is 9.59 Å². The van der Waals surface area contributed by atoms with Crippen molar-refractivity contribution in [2.24, 2.45) is 11.8 Å². The average Bonchev–Trinajstić information content (AvgIpc) is 4.05. The topological polar surface area (TPSA) is 40.6 Å². The van der Waals surface area contributed by atoms with Crippen LogP contribution < -0.4 is 0 Å². The molecule has 0 saturated carbocycles. The summed E-state index contributed by atoms with van der Waals surface area (Å²) in [5.74, 6) is 0.688. The van der Waals surface area contributed by atoms with Crippen LogP contribution in [0.2, 0.25) is 0 Å². The molecule has 0 radical (unpaired) electrons. The number of thiophene rings is 4. The highest BCUT2D eigenvalue weighted by Crippen LogP contribution is 2.51. The molecule has 8 rings (SSSR count). The highest BCUT2D eigenvalue weighted by molar-refractivity contribution is 7.27. The molecule has 54 heavy (non-hydrogen) atoms. The SMILES string of the molecule is CCCCC(CC)CN1C(=O)C2=C(c3ccc(-c4cc5ccccc5s4)s3)N(CC(CC)CCCC)C(=O)C2=C1c1ccc(-c2cc3ccccc3s2)s1. The lowest BCUT2D eigenvalue weighted by Gasteiger charge is -2.29. The number of amides is 2. The van der Waals surface area contributed by atoms with Crippen LogP contribution in [-0.4, -0.2) is 34.7 Å². The molecule has 2 aliphatic rings. The van der Waals surface area contributed by atoms with Crippen molar-refractivity contribution in [3.63, 3.8) is 0 Å². The third kappa shape index (κ3) is 6.95. The van der Waals surface area contributed by atoms with Crippen molar-refractivity contribution in [3.05, 3.63) is 106 Å². The van der Waals surface area contributed by atoms with E-state index in [1.807, 2.05) is 9.80 Å².